The van der Waals surface area contributed by atoms with Crippen LogP contribution in [-0.4, -0.2) is 25.8 Å². The molecule has 1 unspecified atom stereocenters. The van der Waals surface area contributed by atoms with Gasteiger partial charge in [-0.15, -0.1) is 0 Å². The summed E-state index contributed by atoms with van der Waals surface area (Å²) in [5, 5.41) is 3.58. The number of rotatable bonds is 6. The van der Waals surface area contributed by atoms with E-state index in [2.05, 4.69) is 18.3 Å². The summed E-state index contributed by atoms with van der Waals surface area (Å²) in [4.78, 5) is 0. The quantitative estimate of drug-likeness (QED) is 0.574. The van der Waals surface area contributed by atoms with Gasteiger partial charge in [0, 0.05) is 13.2 Å². The van der Waals surface area contributed by atoms with Crippen molar-refractivity contribution in [2.24, 2.45) is 5.92 Å². The van der Waals surface area contributed by atoms with Gasteiger partial charge in [0.25, 0.3) is 0 Å². The fraction of sp³-hybridized carbons (Fsp3) is 0.875. The van der Waals surface area contributed by atoms with Gasteiger partial charge in [-0.25, -0.2) is 0 Å². The Bertz CT molecular complexity index is 250. The first-order valence-electron chi connectivity index (χ1n) is 7.93. The molecular formula is C16H29NO. The topological polar surface area (TPSA) is 21.3 Å². The van der Waals surface area contributed by atoms with Gasteiger partial charge in [-0.1, -0.05) is 37.8 Å². The van der Waals surface area contributed by atoms with E-state index in [0.717, 1.165) is 25.6 Å². The Morgan fingerprint density at radius 3 is 2.67 bits per heavy atom. The van der Waals surface area contributed by atoms with E-state index < -0.39 is 0 Å². The maximum Gasteiger partial charge on any atom is 0.0759 e. The molecular weight excluding hydrogens is 222 g/mol. The molecule has 18 heavy (non-hydrogen) atoms. The second-order valence-corrected chi connectivity index (χ2v) is 5.80. The second kappa shape index (κ2) is 7.96. The maximum atomic E-state index is 5.78. The summed E-state index contributed by atoms with van der Waals surface area (Å²) in [6, 6.07) is 0. The Kier molecular flexibility index (Phi) is 6.22. The van der Waals surface area contributed by atoms with Crippen molar-refractivity contribution in [3.8, 4) is 0 Å². The van der Waals surface area contributed by atoms with Gasteiger partial charge in [0.1, 0.15) is 0 Å². The third kappa shape index (κ3) is 4.40. The fourth-order valence-electron chi connectivity index (χ4n) is 3.20. The molecule has 1 aliphatic carbocycles. The number of nitrogens with one attached hydrogen (secondary N) is 1. The zero-order valence-corrected chi connectivity index (χ0v) is 11.9. The van der Waals surface area contributed by atoms with E-state index in [9.17, 15) is 0 Å². The predicted octanol–water partition coefficient (Wildman–Crippen LogP) is 3.67. The molecule has 1 saturated carbocycles. The van der Waals surface area contributed by atoms with Crippen LogP contribution in [0.25, 0.3) is 0 Å². The molecule has 0 aromatic carbocycles. The Labute approximate surface area is 112 Å². The lowest BCUT2D eigenvalue weighted by Crippen LogP contribution is -2.24. The second-order valence-electron chi connectivity index (χ2n) is 5.80. The van der Waals surface area contributed by atoms with Crippen molar-refractivity contribution in [1.82, 2.24) is 5.32 Å². The van der Waals surface area contributed by atoms with Gasteiger partial charge in [-0.3, -0.25) is 0 Å². The SMILES string of the molecule is CCCNC/C(=C/C1CCCO1)C1CCCCC1. The van der Waals surface area contributed by atoms with Crippen LogP contribution < -0.4 is 5.32 Å². The van der Waals surface area contributed by atoms with Crippen LogP contribution in [0.15, 0.2) is 11.6 Å². The average Bonchev–Trinajstić information content (AvgIpc) is 2.92. The molecule has 0 bridgehead atoms. The number of hydrogen-bond donors (Lipinski definition) is 1. The van der Waals surface area contributed by atoms with Crippen LogP contribution in [0.5, 0.6) is 0 Å². The first-order valence-corrected chi connectivity index (χ1v) is 7.93. The molecule has 0 spiro atoms. The number of hydrogen-bond acceptors (Lipinski definition) is 2. The van der Waals surface area contributed by atoms with Crippen LogP contribution in [0, 0.1) is 5.92 Å². The molecule has 2 rings (SSSR count). The lowest BCUT2D eigenvalue weighted by atomic mass is 9.83. The first-order chi connectivity index (χ1) is 8.90. The predicted molar refractivity (Wildman–Crippen MR) is 76.8 cm³/mol. The van der Waals surface area contributed by atoms with Crippen LogP contribution in [0.1, 0.15) is 58.3 Å². The Morgan fingerprint density at radius 2 is 2.00 bits per heavy atom. The van der Waals surface area contributed by atoms with Crippen LogP contribution in [0.2, 0.25) is 0 Å². The molecule has 0 radical (unpaired) electrons. The normalized spacial score (nSPS) is 26.7. The molecule has 2 fully saturated rings. The lowest BCUT2D eigenvalue weighted by molar-refractivity contribution is 0.144. The highest BCUT2D eigenvalue weighted by molar-refractivity contribution is 5.13. The van der Waals surface area contributed by atoms with Crippen LogP contribution in [-0.2, 0) is 4.74 Å². The monoisotopic (exact) mass is 251 g/mol. The van der Waals surface area contributed by atoms with Gasteiger partial charge in [0.15, 0.2) is 0 Å². The van der Waals surface area contributed by atoms with Gasteiger partial charge in [-0.05, 0) is 44.6 Å². The van der Waals surface area contributed by atoms with Crippen molar-refractivity contribution >= 4 is 0 Å². The Balaban J connectivity index is 1.91. The highest BCUT2D eigenvalue weighted by atomic mass is 16.5. The van der Waals surface area contributed by atoms with Gasteiger partial charge >= 0.3 is 0 Å². The van der Waals surface area contributed by atoms with E-state index in [1.807, 2.05) is 0 Å². The van der Waals surface area contributed by atoms with Crippen LogP contribution in [0.4, 0.5) is 0 Å². The zero-order chi connectivity index (χ0) is 12.6. The number of ether oxygens (including phenoxy) is 1. The molecule has 1 heterocycles. The minimum atomic E-state index is 0.408. The summed E-state index contributed by atoms with van der Waals surface area (Å²) in [5.41, 5.74) is 1.63. The van der Waals surface area contributed by atoms with Gasteiger partial charge in [0.05, 0.1) is 6.10 Å². The van der Waals surface area contributed by atoms with E-state index in [4.69, 9.17) is 4.74 Å². The Morgan fingerprint density at radius 1 is 1.17 bits per heavy atom. The Hall–Kier alpha value is -0.340. The third-order valence-corrected chi connectivity index (χ3v) is 4.25. The standard InChI is InChI=1S/C16H29NO/c1-2-10-17-13-15(12-16-9-6-11-18-16)14-7-4-3-5-8-14/h12,14,16-17H,2-11,13H2,1H3/b15-12-. The summed E-state index contributed by atoms with van der Waals surface area (Å²) >= 11 is 0. The van der Waals surface area contributed by atoms with Crippen molar-refractivity contribution in [1.29, 1.82) is 0 Å². The highest BCUT2D eigenvalue weighted by Gasteiger charge is 2.20. The maximum absolute atomic E-state index is 5.78. The van der Waals surface area contributed by atoms with E-state index in [0.29, 0.717) is 6.10 Å². The third-order valence-electron chi connectivity index (χ3n) is 4.25. The summed E-state index contributed by atoms with van der Waals surface area (Å²) in [6.07, 6.45) is 13.6. The van der Waals surface area contributed by atoms with E-state index >= 15 is 0 Å². The smallest absolute Gasteiger partial charge is 0.0759 e. The lowest BCUT2D eigenvalue weighted by Gasteiger charge is -2.26. The summed E-state index contributed by atoms with van der Waals surface area (Å²) in [7, 11) is 0. The van der Waals surface area contributed by atoms with Crippen molar-refractivity contribution in [3.63, 3.8) is 0 Å². The molecule has 2 nitrogen and oxygen atoms in total. The van der Waals surface area contributed by atoms with Gasteiger partial charge < -0.3 is 10.1 Å². The minimum absolute atomic E-state index is 0.408. The van der Waals surface area contributed by atoms with Crippen molar-refractivity contribution in [3.05, 3.63) is 11.6 Å². The summed E-state index contributed by atoms with van der Waals surface area (Å²) < 4.78 is 5.78. The molecule has 1 N–H and O–H groups in total. The average molecular weight is 251 g/mol. The van der Waals surface area contributed by atoms with Crippen LogP contribution >= 0.6 is 0 Å². The van der Waals surface area contributed by atoms with Crippen molar-refractivity contribution in [2.45, 2.75) is 64.4 Å². The van der Waals surface area contributed by atoms with Gasteiger partial charge in [0.2, 0.25) is 0 Å². The molecule has 1 atom stereocenters. The molecule has 0 aromatic heterocycles. The molecule has 1 saturated heterocycles. The largest absolute Gasteiger partial charge is 0.374 e. The first kappa shape index (κ1) is 14.1. The molecule has 0 aromatic rings. The van der Waals surface area contributed by atoms with Crippen molar-refractivity contribution in [2.75, 3.05) is 19.7 Å². The van der Waals surface area contributed by atoms with Gasteiger partial charge in [-0.2, -0.15) is 0 Å². The summed E-state index contributed by atoms with van der Waals surface area (Å²) in [6.45, 7) is 5.41. The molecule has 104 valence electrons. The molecule has 0 amide bonds. The molecule has 2 aliphatic rings. The summed E-state index contributed by atoms with van der Waals surface area (Å²) in [5.74, 6) is 0.826. The van der Waals surface area contributed by atoms with E-state index in [1.165, 1.54) is 51.4 Å². The molecule has 2 heteroatoms. The van der Waals surface area contributed by atoms with E-state index in [-0.39, 0.29) is 0 Å². The van der Waals surface area contributed by atoms with Crippen molar-refractivity contribution < 1.29 is 4.74 Å². The zero-order valence-electron chi connectivity index (χ0n) is 11.9. The van der Waals surface area contributed by atoms with E-state index in [1.54, 1.807) is 5.57 Å². The fourth-order valence-corrected chi connectivity index (χ4v) is 3.20. The molecule has 1 aliphatic heterocycles. The highest BCUT2D eigenvalue weighted by Crippen LogP contribution is 2.30. The van der Waals surface area contributed by atoms with Crippen LogP contribution in [0.3, 0.4) is 0 Å². The minimum Gasteiger partial charge on any atom is -0.374 e.